The van der Waals surface area contributed by atoms with Gasteiger partial charge in [-0.3, -0.25) is 10.1 Å². The van der Waals surface area contributed by atoms with E-state index in [9.17, 15) is 10.1 Å². The van der Waals surface area contributed by atoms with E-state index in [0.717, 1.165) is 12.0 Å². The maximum absolute atomic E-state index is 10.6. The van der Waals surface area contributed by atoms with Crippen molar-refractivity contribution in [2.45, 2.75) is 25.6 Å². The van der Waals surface area contributed by atoms with Crippen LogP contribution in [0.4, 0.5) is 5.69 Å². The van der Waals surface area contributed by atoms with Gasteiger partial charge in [0.1, 0.15) is 5.02 Å². The molecule has 0 aromatic heterocycles. The molecule has 1 aromatic rings. The van der Waals surface area contributed by atoms with E-state index >= 15 is 0 Å². The molecular formula is C11H13Cl2NO2. The molecule has 0 N–H and O–H groups in total. The normalized spacial score (nSPS) is 12.8. The third kappa shape index (κ3) is 3.35. The van der Waals surface area contributed by atoms with Crippen LogP contribution in [0.2, 0.25) is 5.02 Å². The second-order valence-corrected chi connectivity index (χ2v) is 5.00. The number of halogens is 2. The Hall–Kier alpha value is -0.800. The fourth-order valence-corrected chi connectivity index (χ4v) is 2.17. The lowest BCUT2D eigenvalue weighted by atomic mass is 10.0. The lowest BCUT2D eigenvalue weighted by molar-refractivity contribution is -0.384. The minimum Gasteiger partial charge on any atom is -0.258 e. The maximum Gasteiger partial charge on any atom is 0.287 e. The van der Waals surface area contributed by atoms with E-state index < -0.39 is 4.92 Å². The molecule has 0 amide bonds. The summed E-state index contributed by atoms with van der Waals surface area (Å²) < 4.78 is 0. The monoisotopic (exact) mass is 261 g/mol. The molecule has 0 saturated carbocycles. The van der Waals surface area contributed by atoms with Gasteiger partial charge in [0, 0.05) is 6.07 Å². The number of alkyl halides is 1. The molecule has 1 unspecified atom stereocenters. The highest BCUT2D eigenvalue weighted by Gasteiger charge is 2.16. The first kappa shape index (κ1) is 13.3. The van der Waals surface area contributed by atoms with Crippen LogP contribution in [0.25, 0.3) is 0 Å². The third-order valence-electron chi connectivity index (χ3n) is 2.21. The Labute approximate surface area is 105 Å². The summed E-state index contributed by atoms with van der Waals surface area (Å²) in [6.45, 7) is 4.14. The van der Waals surface area contributed by atoms with Crippen LogP contribution >= 0.6 is 23.2 Å². The van der Waals surface area contributed by atoms with Crippen molar-refractivity contribution in [3.8, 4) is 0 Å². The molecule has 16 heavy (non-hydrogen) atoms. The number of nitro benzene ring substituents is 1. The summed E-state index contributed by atoms with van der Waals surface area (Å²) in [4.78, 5) is 10.1. The van der Waals surface area contributed by atoms with Crippen molar-refractivity contribution in [1.29, 1.82) is 0 Å². The summed E-state index contributed by atoms with van der Waals surface area (Å²) in [5.74, 6) is 0.469. The molecule has 1 aromatic carbocycles. The molecule has 0 fully saturated rings. The Bertz CT molecular complexity index is 394. The minimum absolute atomic E-state index is 0.0844. The van der Waals surface area contributed by atoms with E-state index in [1.807, 2.05) is 0 Å². The molecule has 0 aliphatic carbocycles. The van der Waals surface area contributed by atoms with Crippen LogP contribution in [-0.4, -0.2) is 4.92 Å². The van der Waals surface area contributed by atoms with E-state index in [1.165, 1.54) is 6.07 Å². The molecule has 0 aliphatic rings. The molecule has 0 heterocycles. The summed E-state index contributed by atoms with van der Waals surface area (Å²) >= 11 is 12.0. The highest BCUT2D eigenvalue weighted by atomic mass is 35.5. The van der Waals surface area contributed by atoms with Crippen LogP contribution in [0, 0.1) is 16.0 Å². The molecule has 88 valence electrons. The summed E-state index contributed by atoms with van der Waals surface area (Å²) in [7, 11) is 0. The van der Waals surface area contributed by atoms with Gasteiger partial charge in [-0.1, -0.05) is 31.5 Å². The van der Waals surface area contributed by atoms with Crippen molar-refractivity contribution in [2.24, 2.45) is 5.92 Å². The van der Waals surface area contributed by atoms with Crippen LogP contribution in [0.3, 0.4) is 0 Å². The predicted molar refractivity (Wildman–Crippen MR) is 66.2 cm³/mol. The summed E-state index contributed by atoms with van der Waals surface area (Å²) in [6, 6.07) is 4.62. The Balaban J connectivity index is 2.92. The van der Waals surface area contributed by atoms with Gasteiger partial charge in [0.15, 0.2) is 0 Å². The standard InChI is InChI=1S/C11H13Cl2NO2/c1-7(2)5-9(12)8-3-4-11(14(15)16)10(13)6-8/h3-4,6-7,9H,5H2,1-2H3. The van der Waals surface area contributed by atoms with Crippen molar-refractivity contribution in [2.75, 3.05) is 0 Å². The van der Waals surface area contributed by atoms with Crippen molar-refractivity contribution < 1.29 is 4.92 Å². The lowest BCUT2D eigenvalue weighted by Crippen LogP contribution is -1.97. The van der Waals surface area contributed by atoms with Crippen molar-refractivity contribution in [3.05, 3.63) is 38.9 Å². The second-order valence-electron chi connectivity index (χ2n) is 4.07. The Kier molecular flexibility index (Phi) is 4.56. The van der Waals surface area contributed by atoms with Crippen LogP contribution in [0.1, 0.15) is 31.2 Å². The third-order valence-corrected chi connectivity index (χ3v) is 2.94. The van der Waals surface area contributed by atoms with Crippen molar-refractivity contribution in [3.63, 3.8) is 0 Å². The number of benzene rings is 1. The highest BCUT2D eigenvalue weighted by molar-refractivity contribution is 6.32. The topological polar surface area (TPSA) is 43.1 Å². The van der Waals surface area contributed by atoms with Crippen LogP contribution in [-0.2, 0) is 0 Å². The number of hydrogen-bond donors (Lipinski definition) is 0. The van der Waals surface area contributed by atoms with Gasteiger partial charge in [0.2, 0.25) is 0 Å². The Morgan fingerprint density at radius 1 is 1.44 bits per heavy atom. The molecule has 3 nitrogen and oxygen atoms in total. The summed E-state index contributed by atoms with van der Waals surface area (Å²) in [5, 5.41) is 10.6. The van der Waals surface area contributed by atoms with Gasteiger partial charge in [-0.15, -0.1) is 11.6 Å². The zero-order chi connectivity index (χ0) is 12.3. The van der Waals surface area contributed by atoms with Crippen molar-refractivity contribution in [1.82, 2.24) is 0 Å². The largest absolute Gasteiger partial charge is 0.287 e. The number of nitrogens with zero attached hydrogens (tertiary/aromatic N) is 1. The first-order valence-electron chi connectivity index (χ1n) is 4.99. The average molecular weight is 262 g/mol. The predicted octanol–water partition coefficient (Wildman–Crippen LogP) is 4.57. The van der Waals surface area contributed by atoms with Gasteiger partial charge in [-0.05, 0) is 24.0 Å². The average Bonchev–Trinajstić information content (AvgIpc) is 2.15. The second kappa shape index (κ2) is 5.51. The molecule has 0 saturated heterocycles. The van der Waals surface area contributed by atoms with E-state index in [0.29, 0.717) is 5.92 Å². The van der Waals surface area contributed by atoms with Gasteiger partial charge >= 0.3 is 0 Å². The first-order valence-corrected chi connectivity index (χ1v) is 5.81. The molecule has 5 heteroatoms. The van der Waals surface area contributed by atoms with Crippen molar-refractivity contribution >= 4 is 28.9 Å². The molecule has 0 aliphatic heterocycles. The lowest BCUT2D eigenvalue weighted by Gasteiger charge is -2.12. The summed E-state index contributed by atoms with van der Waals surface area (Å²) in [5.41, 5.74) is 0.741. The fourth-order valence-electron chi connectivity index (χ4n) is 1.42. The van der Waals surface area contributed by atoms with E-state index in [2.05, 4.69) is 13.8 Å². The quantitative estimate of drug-likeness (QED) is 0.453. The molecular weight excluding hydrogens is 249 g/mol. The Morgan fingerprint density at radius 2 is 2.06 bits per heavy atom. The first-order chi connectivity index (χ1) is 7.41. The van der Waals surface area contributed by atoms with Gasteiger partial charge in [0.05, 0.1) is 10.3 Å². The van der Waals surface area contributed by atoms with E-state index in [4.69, 9.17) is 23.2 Å². The number of nitro groups is 1. The molecule has 0 spiro atoms. The van der Waals surface area contributed by atoms with Crippen LogP contribution in [0.15, 0.2) is 18.2 Å². The SMILES string of the molecule is CC(C)CC(Cl)c1ccc([N+](=O)[O-])c(Cl)c1. The minimum atomic E-state index is -0.502. The van der Waals surface area contributed by atoms with E-state index in [-0.39, 0.29) is 16.1 Å². The Morgan fingerprint density at radius 3 is 2.50 bits per heavy atom. The van der Waals surface area contributed by atoms with Gasteiger partial charge < -0.3 is 0 Å². The van der Waals surface area contributed by atoms with E-state index in [1.54, 1.807) is 12.1 Å². The molecule has 0 radical (unpaired) electrons. The highest BCUT2D eigenvalue weighted by Crippen LogP contribution is 2.33. The van der Waals surface area contributed by atoms with Gasteiger partial charge in [0.25, 0.3) is 5.69 Å². The van der Waals surface area contributed by atoms with Gasteiger partial charge in [-0.25, -0.2) is 0 Å². The van der Waals surface area contributed by atoms with Gasteiger partial charge in [-0.2, -0.15) is 0 Å². The smallest absolute Gasteiger partial charge is 0.258 e. The van der Waals surface area contributed by atoms with Crippen LogP contribution < -0.4 is 0 Å². The molecule has 1 rings (SSSR count). The molecule has 0 bridgehead atoms. The maximum atomic E-state index is 10.6. The molecule has 1 atom stereocenters. The van der Waals surface area contributed by atoms with Crippen LogP contribution in [0.5, 0.6) is 0 Å². The fraction of sp³-hybridized carbons (Fsp3) is 0.455. The zero-order valence-corrected chi connectivity index (χ0v) is 10.6. The summed E-state index contributed by atoms with van der Waals surface area (Å²) in [6.07, 6.45) is 0.815. The number of rotatable bonds is 4. The zero-order valence-electron chi connectivity index (χ0n) is 9.11. The number of hydrogen-bond acceptors (Lipinski definition) is 2.